The number of nitrogens with one attached hydrogen (secondary N) is 1. The van der Waals surface area contributed by atoms with Gasteiger partial charge in [0.05, 0.1) is 0 Å². The molecule has 0 unspecified atom stereocenters. The number of nitrogens with zero attached hydrogens (tertiary/aromatic N) is 1. The van der Waals surface area contributed by atoms with Gasteiger partial charge in [0, 0.05) is 30.9 Å². The molecule has 19 heavy (non-hydrogen) atoms. The van der Waals surface area contributed by atoms with Gasteiger partial charge in [0.1, 0.15) is 0 Å². The number of hydrogen-bond donors (Lipinski definition) is 1. The monoisotopic (exact) mass is 256 g/mol. The van der Waals surface area contributed by atoms with Gasteiger partial charge in [0.25, 0.3) is 5.91 Å². The van der Waals surface area contributed by atoms with Crippen molar-refractivity contribution >= 4 is 5.91 Å². The third-order valence-electron chi connectivity index (χ3n) is 2.91. The third kappa shape index (κ3) is 3.31. The molecule has 4 heteroatoms. The van der Waals surface area contributed by atoms with Crippen LogP contribution in [0.15, 0.2) is 53.5 Å². The molecule has 0 aliphatic carbocycles. The van der Waals surface area contributed by atoms with Crippen molar-refractivity contribution in [2.75, 3.05) is 6.54 Å². The van der Waals surface area contributed by atoms with Crippen LogP contribution in [0.25, 0.3) is 0 Å². The lowest BCUT2D eigenvalue weighted by molar-refractivity contribution is 0.0752. The van der Waals surface area contributed by atoms with Crippen molar-refractivity contribution in [2.24, 2.45) is 0 Å². The highest BCUT2D eigenvalue weighted by Crippen LogP contribution is 2.08. The predicted octanol–water partition coefficient (Wildman–Crippen LogP) is 2.04. The van der Waals surface area contributed by atoms with Crippen LogP contribution in [0.5, 0.6) is 0 Å². The van der Waals surface area contributed by atoms with Gasteiger partial charge in [0.15, 0.2) is 0 Å². The van der Waals surface area contributed by atoms with E-state index in [4.69, 9.17) is 0 Å². The second kappa shape index (κ2) is 6.00. The second-order valence-electron chi connectivity index (χ2n) is 4.25. The molecule has 0 aliphatic rings. The molecule has 0 saturated carbocycles. The Kier molecular flexibility index (Phi) is 4.13. The maximum Gasteiger partial charge on any atom is 0.254 e. The fraction of sp³-hybridized carbons (Fsp3) is 0.200. The van der Waals surface area contributed by atoms with E-state index in [1.165, 1.54) is 12.3 Å². The summed E-state index contributed by atoms with van der Waals surface area (Å²) in [6, 6.07) is 12.7. The largest absolute Gasteiger partial charge is 0.335 e. The summed E-state index contributed by atoms with van der Waals surface area (Å²) in [5, 5.41) is 0. The van der Waals surface area contributed by atoms with E-state index in [-0.39, 0.29) is 11.5 Å². The van der Waals surface area contributed by atoms with Gasteiger partial charge in [-0.1, -0.05) is 30.3 Å². The number of carbonyl (C=O) groups is 1. The lowest BCUT2D eigenvalue weighted by Gasteiger charge is -2.20. The lowest BCUT2D eigenvalue weighted by Crippen LogP contribution is -2.31. The average Bonchev–Trinajstić information content (AvgIpc) is 2.45. The van der Waals surface area contributed by atoms with E-state index in [9.17, 15) is 9.59 Å². The predicted molar refractivity (Wildman–Crippen MR) is 73.9 cm³/mol. The number of aromatic amines is 1. The van der Waals surface area contributed by atoms with Crippen LogP contribution >= 0.6 is 0 Å². The van der Waals surface area contributed by atoms with Crippen molar-refractivity contribution in [3.05, 3.63) is 70.1 Å². The molecule has 1 amide bonds. The van der Waals surface area contributed by atoms with Crippen molar-refractivity contribution in [1.82, 2.24) is 9.88 Å². The Morgan fingerprint density at radius 2 is 1.95 bits per heavy atom. The normalized spacial score (nSPS) is 10.2. The zero-order valence-corrected chi connectivity index (χ0v) is 10.8. The van der Waals surface area contributed by atoms with Crippen LogP contribution < -0.4 is 5.56 Å². The molecule has 0 bridgehead atoms. The van der Waals surface area contributed by atoms with E-state index in [2.05, 4.69) is 4.98 Å². The smallest absolute Gasteiger partial charge is 0.254 e. The first kappa shape index (κ1) is 13.1. The highest BCUT2D eigenvalue weighted by atomic mass is 16.2. The van der Waals surface area contributed by atoms with E-state index in [1.54, 1.807) is 11.0 Å². The number of hydrogen-bond acceptors (Lipinski definition) is 2. The van der Waals surface area contributed by atoms with E-state index in [0.717, 1.165) is 5.56 Å². The quantitative estimate of drug-likeness (QED) is 0.910. The molecule has 0 saturated heterocycles. The number of H-pyrrole nitrogens is 1. The maximum absolute atomic E-state index is 12.3. The highest BCUT2D eigenvalue weighted by molar-refractivity contribution is 5.94. The first-order valence-corrected chi connectivity index (χ1v) is 6.22. The molecule has 0 atom stereocenters. The first-order valence-electron chi connectivity index (χ1n) is 6.22. The number of aromatic nitrogens is 1. The summed E-state index contributed by atoms with van der Waals surface area (Å²) < 4.78 is 0. The minimum atomic E-state index is -0.262. The van der Waals surface area contributed by atoms with Gasteiger partial charge >= 0.3 is 0 Å². The number of benzene rings is 1. The molecule has 2 rings (SSSR count). The van der Waals surface area contributed by atoms with Crippen LogP contribution in [0.2, 0.25) is 0 Å². The first-order chi connectivity index (χ1) is 9.20. The second-order valence-corrected chi connectivity index (χ2v) is 4.25. The SMILES string of the molecule is CCN(Cc1ccccc1)C(=O)c1cc[nH]c(=O)c1. The van der Waals surface area contributed by atoms with Gasteiger partial charge in [-0.3, -0.25) is 9.59 Å². The van der Waals surface area contributed by atoms with Crippen molar-refractivity contribution in [3.8, 4) is 0 Å². The van der Waals surface area contributed by atoms with Gasteiger partial charge in [0.2, 0.25) is 5.56 Å². The van der Waals surface area contributed by atoms with Crippen LogP contribution in [0.3, 0.4) is 0 Å². The number of rotatable bonds is 4. The lowest BCUT2D eigenvalue weighted by atomic mass is 10.2. The third-order valence-corrected chi connectivity index (χ3v) is 2.91. The van der Waals surface area contributed by atoms with Crippen LogP contribution in [0.4, 0.5) is 0 Å². The van der Waals surface area contributed by atoms with Crippen molar-refractivity contribution < 1.29 is 4.79 Å². The zero-order valence-electron chi connectivity index (χ0n) is 10.8. The number of pyridine rings is 1. The molecule has 0 aliphatic heterocycles. The van der Waals surface area contributed by atoms with Crippen molar-refractivity contribution in [3.63, 3.8) is 0 Å². The van der Waals surface area contributed by atoms with Gasteiger partial charge in [-0.25, -0.2) is 0 Å². The topological polar surface area (TPSA) is 53.2 Å². The van der Waals surface area contributed by atoms with Crippen LogP contribution in [0.1, 0.15) is 22.8 Å². The standard InChI is InChI=1S/C15H16N2O2/c1-2-17(11-12-6-4-3-5-7-12)15(19)13-8-9-16-14(18)10-13/h3-10H,2,11H2,1H3,(H,16,18). The van der Waals surface area contributed by atoms with Crippen LogP contribution in [0, 0.1) is 0 Å². The molecular weight excluding hydrogens is 240 g/mol. The minimum absolute atomic E-state index is 0.127. The molecule has 1 aromatic heterocycles. The van der Waals surface area contributed by atoms with Crippen LogP contribution in [-0.4, -0.2) is 22.3 Å². The van der Waals surface area contributed by atoms with Crippen molar-refractivity contribution in [2.45, 2.75) is 13.5 Å². The van der Waals surface area contributed by atoms with E-state index in [0.29, 0.717) is 18.7 Å². The summed E-state index contributed by atoms with van der Waals surface area (Å²) in [4.78, 5) is 27.8. The molecule has 4 nitrogen and oxygen atoms in total. The Balaban J connectivity index is 2.18. The summed E-state index contributed by atoms with van der Waals surface area (Å²) in [6.07, 6.45) is 1.49. The fourth-order valence-corrected chi connectivity index (χ4v) is 1.89. The van der Waals surface area contributed by atoms with Crippen LogP contribution in [-0.2, 0) is 6.54 Å². The summed E-state index contributed by atoms with van der Waals surface area (Å²) in [6.45, 7) is 3.07. The van der Waals surface area contributed by atoms with Gasteiger partial charge < -0.3 is 9.88 Å². The Labute approximate surface area is 111 Å². The highest BCUT2D eigenvalue weighted by Gasteiger charge is 2.14. The van der Waals surface area contributed by atoms with E-state index < -0.39 is 0 Å². The van der Waals surface area contributed by atoms with Gasteiger partial charge in [-0.2, -0.15) is 0 Å². The van der Waals surface area contributed by atoms with E-state index >= 15 is 0 Å². The average molecular weight is 256 g/mol. The Morgan fingerprint density at radius 1 is 1.21 bits per heavy atom. The molecule has 1 heterocycles. The molecule has 1 aromatic carbocycles. The Bertz CT molecular complexity index is 605. The molecule has 0 fully saturated rings. The summed E-state index contributed by atoms with van der Waals surface area (Å²) in [7, 11) is 0. The van der Waals surface area contributed by atoms with Crippen molar-refractivity contribution in [1.29, 1.82) is 0 Å². The maximum atomic E-state index is 12.3. The van der Waals surface area contributed by atoms with E-state index in [1.807, 2.05) is 37.3 Å². The minimum Gasteiger partial charge on any atom is -0.335 e. The summed E-state index contributed by atoms with van der Waals surface area (Å²) >= 11 is 0. The summed E-state index contributed by atoms with van der Waals surface area (Å²) in [5.41, 5.74) is 1.23. The number of carbonyl (C=O) groups excluding carboxylic acids is 1. The molecule has 1 N–H and O–H groups in total. The molecule has 2 aromatic rings. The molecule has 0 spiro atoms. The van der Waals surface area contributed by atoms with Gasteiger partial charge in [-0.05, 0) is 18.6 Å². The number of amides is 1. The Hall–Kier alpha value is -2.36. The molecule has 0 radical (unpaired) electrons. The zero-order chi connectivity index (χ0) is 13.7. The summed E-state index contributed by atoms with van der Waals surface area (Å²) in [5.74, 6) is -0.127. The Morgan fingerprint density at radius 3 is 2.58 bits per heavy atom. The molecular formula is C15H16N2O2. The van der Waals surface area contributed by atoms with Gasteiger partial charge in [-0.15, -0.1) is 0 Å². The fourth-order valence-electron chi connectivity index (χ4n) is 1.89. The molecule has 98 valence electrons.